The van der Waals surface area contributed by atoms with Gasteiger partial charge in [-0.15, -0.1) is 11.3 Å². The van der Waals surface area contributed by atoms with Crippen LogP contribution < -0.4 is 9.47 Å². The van der Waals surface area contributed by atoms with Crippen molar-refractivity contribution in [3.63, 3.8) is 0 Å². The Morgan fingerprint density at radius 1 is 1.41 bits per heavy atom. The molecule has 8 heteroatoms. The summed E-state index contributed by atoms with van der Waals surface area (Å²) < 4.78 is 13.7. The van der Waals surface area contributed by atoms with Gasteiger partial charge in [0.15, 0.2) is 11.5 Å². The van der Waals surface area contributed by atoms with Crippen LogP contribution in [0.3, 0.4) is 0 Å². The monoisotopic (exact) mass is 586 g/mol. The number of ether oxygens (including phenoxy) is 2. The number of nitrogens with zero attached hydrogens (tertiary/aromatic N) is 2. The third-order valence-corrected chi connectivity index (χ3v) is 10.8. The molecule has 2 aromatic rings. The summed E-state index contributed by atoms with van der Waals surface area (Å²) in [6.07, 6.45) is 7.24. The predicted molar refractivity (Wildman–Crippen MR) is 150 cm³/mol. The molecule has 198 valence electrons. The molecule has 3 heterocycles. The van der Waals surface area contributed by atoms with Crippen LogP contribution in [0.15, 0.2) is 28.1 Å². The van der Waals surface area contributed by atoms with Crippen molar-refractivity contribution in [3.05, 3.63) is 44.1 Å². The quantitative estimate of drug-likeness (QED) is 0.455. The minimum Gasteiger partial charge on any atom is -0.508 e. The Balaban J connectivity index is 1.43. The van der Waals surface area contributed by atoms with Crippen molar-refractivity contribution in [2.24, 2.45) is 11.8 Å². The van der Waals surface area contributed by atoms with E-state index in [9.17, 15) is 9.90 Å². The fourth-order valence-corrected chi connectivity index (χ4v) is 9.02. The molecule has 2 aliphatic heterocycles. The average Bonchev–Trinajstić information content (AvgIpc) is 3.44. The van der Waals surface area contributed by atoms with Crippen LogP contribution in [0.2, 0.25) is 0 Å². The van der Waals surface area contributed by atoms with E-state index in [1.54, 1.807) is 30.6 Å². The van der Waals surface area contributed by atoms with Crippen molar-refractivity contribution < 1.29 is 19.4 Å². The van der Waals surface area contributed by atoms with Crippen LogP contribution in [0.25, 0.3) is 6.08 Å². The van der Waals surface area contributed by atoms with Gasteiger partial charge < -0.3 is 24.4 Å². The highest BCUT2D eigenvalue weighted by atomic mass is 79.9. The molecule has 2 aliphatic carbocycles. The predicted octanol–water partition coefficient (Wildman–Crippen LogP) is 5.46. The summed E-state index contributed by atoms with van der Waals surface area (Å²) in [6.45, 7) is 5.99. The second kappa shape index (κ2) is 9.31. The number of piperidine rings is 1. The van der Waals surface area contributed by atoms with Crippen LogP contribution in [0.5, 0.6) is 17.2 Å². The van der Waals surface area contributed by atoms with E-state index >= 15 is 0 Å². The van der Waals surface area contributed by atoms with E-state index in [0.717, 1.165) is 58.5 Å². The van der Waals surface area contributed by atoms with Gasteiger partial charge in [-0.3, -0.25) is 4.79 Å². The summed E-state index contributed by atoms with van der Waals surface area (Å²) in [7, 11) is 3.85. The van der Waals surface area contributed by atoms with Crippen LogP contribution in [-0.4, -0.2) is 66.2 Å². The lowest BCUT2D eigenvalue weighted by Gasteiger charge is -2.60. The number of phenols is 1. The fraction of sp³-hybridized carbons (Fsp3) is 0.552. The number of carbonyl (C=O) groups excluding carboxylic acids is 1. The minimum absolute atomic E-state index is 0.0351. The number of amides is 1. The van der Waals surface area contributed by atoms with Gasteiger partial charge in [0.05, 0.1) is 13.2 Å². The Morgan fingerprint density at radius 2 is 2.22 bits per heavy atom. The molecular formula is C29H35BrN2O4S. The van der Waals surface area contributed by atoms with Crippen molar-refractivity contribution in [2.45, 2.75) is 63.1 Å². The summed E-state index contributed by atoms with van der Waals surface area (Å²) in [4.78, 5) is 19.4. The Bertz CT molecular complexity index is 1260. The molecule has 1 aromatic heterocycles. The van der Waals surface area contributed by atoms with Crippen molar-refractivity contribution in [2.75, 3.05) is 27.2 Å². The number of hydrogen-bond donors (Lipinski definition) is 1. The molecule has 2 bridgehead atoms. The Labute approximate surface area is 231 Å². The zero-order chi connectivity index (χ0) is 26.1. The van der Waals surface area contributed by atoms with Crippen molar-refractivity contribution in [3.8, 4) is 17.2 Å². The number of methoxy groups -OCH3 is 1. The van der Waals surface area contributed by atoms with Crippen LogP contribution in [0, 0.1) is 11.8 Å². The Hall–Kier alpha value is -2.03. The second-order valence-corrected chi connectivity index (χ2v) is 13.4. The Kier molecular flexibility index (Phi) is 6.36. The minimum atomic E-state index is -0.215. The number of likely N-dealkylation sites (tertiary alicyclic amines) is 1. The standard InChI is InChI=1S/C29H35BrN2O4S/c1-16(2)14-32(25(34)8-5-18-11-17(30)15-37-18)21-7-6-20-22-12-19-23(33)13-24(35-4)27-26(19)29(20,28(21)36-27)9-10-31(22)3/h5,8,11,13,15-16,20-22,28,33H,6-7,9-10,12,14H2,1-4H3/b8-5+/t20-,21+,22+,28-,29-/m0/s1. The van der Waals surface area contributed by atoms with E-state index in [2.05, 4.69) is 46.6 Å². The fourth-order valence-electron chi connectivity index (χ4n) is 7.68. The molecule has 4 aliphatic rings. The molecule has 1 aromatic carbocycles. The first-order valence-electron chi connectivity index (χ1n) is 13.3. The molecule has 1 amide bonds. The number of thiophene rings is 1. The lowest BCUT2D eigenvalue weighted by atomic mass is 9.51. The zero-order valence-electron chi connectivity index (χ0n) is 21.9. The first kappa shape index (κ1) is 25.3. The number of halogens is 1. The SMILES string of the molecule is COc1cc(O)c2c3c1O[C@H]1[C@H](N(CC(C)C)C(=O)/C=C/c4cc(Br)cs4)CC[C@H]4[C@@H](C2)N(C)CC[C@@]341. The van der Waals surface area contributed by atoms with E-state index in [-0.39, 0.29) is 23.5 Å². The highest BCUT2D eigenvalue weighted by molar-refractivity contribution is 9.10. The summed E-state index contributed by atoms with van der Waals surface area (Å²) in [5, 5.41) is 13.1. The van der Waals surface area contributed by atoms with Gasteiger partial charge in [0.2, 0.25) is 5.91 Å². The lowest BCUT2D eigenvalue weighted by Crippen LogP contribution is -2.68. The number of rotatable bonds is 6. The lowest BCUT2D eigenvalue weighted by molar-refractivity contribution is -0.138. The summed E-state index contributed by atoms with van der Waals surface area (Å²) in [6, 6.07) is 4.07. The van der Waals surface area contributed by atoms with E-state index in [1.165, 1.54) is 0 Å². The molecule has 2 fully saturated rings. The highest BCUT2D eigenvalue weighted by Gasteiger charge is 2.66. The van der Waals surface area contributed by atoms with Gasteiger partial charge in [0.25, 0.3) is 0 Å². The average molecular weight is 588 g/mol. The van der Waals surface area contributed by atoms with E-state index in [4.69, 9.17) is 9.47 Å². The molecule has 5 atom stereocenters. The van der Waals surface area contributed by atoms with E-state index in [1.807, 2.05) is 17.5 Å². The van der Waals surface area contributed by atoms with Gasteiger partial charge >= 0.3 is 0 Å². The first-order chi connectivity index (χ1) is 17.7. The third-order valence-electron chi connectivity index (χ3n) is 9.10. The molecule has 6 nitrogen and oxygen atoms in total. The van der Waals surface area contributed by atoms with Crippen LogP contribution in [-0.2, 0) is 16.6 Å². The zero-order valence-corrected chi connectivity index (χ0v) is 24.3. The Morgan fingerprint density at radius 3 is 2.92 bits per heavy atom. The molecule has 1 spiro atoms. The number of phenolic OH excluding ortho intramolecular Hbond substituents is 1. The smallest absolute Gasteiger partial charge is 0.246 e. The van der Waals surface area contributed by atoms with Crippen LogP contribution >= 0.6 is 27.3 Å². The van der Waals surface area contributed by atoms with Gasteiger partial charge in [-0.1, -0.05) is 13.8 Å². The maximum absolute atomic E-state index is 13.8. The van der Waals surface area contributed by atoms with Crippen molar-refractivity contribution in [1.82, 2.24) is 9.80 Å². The molecule has 1 saturated heterocycles. The molecule has 1 saturated carbocycles. The van der Waals surface area contributed by atoms with E-state index in [0.29, 0.717) is 35.9 Å². The van der Waals surface area contributed by atoms with Crippen molar-refractivity contribution >= 4 is 39.2 Å². The molecule has 0 radical (unpaired) electrons. The van der Waals surface area contributed by atoms with Gasteiger partial charge in [-0.2, -0.15) is 0 Å². The number of carbonyl (C=O) groups is 1. The maximum atomic E-state index is 13.8. The van der Waals surface area contributed by atoms with Crippen LogP contribution in [0.4, 0.5) is 0 Å². The molecule has 0 unspecified atom stereocenters. The van der Waals surface area contributed by atoms with Gasteiger partial charge in [0.1, 0.15) is 11.9 Å². The second-order valence-electron chi connectivity index (χ2n) is 11.5. The normalized spacial score (nSPS) is 29.9. The molecule has 37 heavy (non-hydrogen) atoms. The first-order valence-corrected chi connectivity index (χ1v) is 14.9. The number of benzene rings is 1. The largest absolute Gasteiger partial charge is 0.508 e. The third kappa shape index (κ3) is 3.85. The summed E-state index contributed by atoms with van der Waals surface area (Å²) in [5.41, 5.74) is 1.95. The van der Waals surface area contributed by atoms with E-state index < -0.39 is 0 Å². The highest BCUT2D eigenvalue weighted by Crippen LogP contribution is 2.65. The summed E-state index contributed by atoms with van der Waals surface area (Å²) >= 11 is 5.12. The van der Waals surface area contributed by atoms with Crippen molar-refractivity contribution in [1.29, 1.82) is 0 Å². The van der Waals surface area contributed by atoms with Gasteiger partial charge in [0, 0.05) is 56.0 Å². The number of aromatic hydroxyl groups is 1. The van der Waals surface area contributed by atoms with Crippen LogP contribution in [0.1, 0.15) is 49.1 Å². The number of hydrogen-bond acceptors (Lipinski definition) is 6. The summed E-state index contributed by atoms with van der Waals surface area (Å²) in [5.74, 6) is 2.49. The molecule has 1 N–H and O–H groups in total. The molecular weight excluding hydrogens is 552 g/mol. The number of likely N-dealkylation sites (N-methyl/N-ethyl adjacent to an activating group) is 1. The maximum Gasteiger partial charge on any atom is 0.246 e. The van der Waals surface area contributed by atoms with Gasteiger partial charge in [-0.05, 0) is 79.2 Å². The molecule has 6 rings (SSSR count). The topological polar surface area (TPSA) is 62.2 Å². The van der Waals surface area contributed by atoms with Gasteiger partial charge in [-0.25, -0.2) is 0 Å².